The average molecular weight is 286 g/mol. The molecule has 5 atom stereocenters. The molecule has 0 amide bonds. The average Bonchev–Trinajstić information content (AvgIpc) is 2.49. The van der Waals surface area contributed by atoms with Crippen LogP contribution in [0, 0.1) is 11.3 Å². The molecule has 5 unspecified atom stereocenters. The molecular formula is C15H26O5. The van der Waals surface area contributed by atoms with Crippen molar-refractivity contribution in [3.05, 3.63) is 12.2 Å². The van der Waals surface area contributed by atoms with E-state index in [0.29, 0.717) is 25.7 Å². The van der Waals surface area contributed by atoms with Gasteiger partial charge in [0.05, 0.1) is 31.0 Å². The quantitative estimate of drug-likeness (QED) is 0.467. The van der Waals surface area contributed by atoms with Gasteiger partial charge in [0.15, 0.2) is 0 Å². The highest BCUT2D eigenvalue weighted by molar-refractivity contribution is 5.11. The summed E-state index contributed by atoms with van der Waals surface area (Å²) in [5.41, 5.74) is -2.02. The van der Waals surface area contributed by atoms with Gasteiger partial charge in [-0.25, -0.2) is 0 Å². The molecule has 2 aliphatic carbocycles. The van der Waals surface area contributed by atoms with Gasteiger partial charge >= 0.3 is 0 Å². The second kappa shape index (κ2) is 6.12. The molecule has 0 spiro atoms. The van der Waals surface area contributed by atoms with Gasteiger partial charge in [-0.15, -0.1) is 0 Å². The predicted octanol–water partition coefficient (Wildman–Crippen LogP) is -0.0495. The van der Waals surface area contributed by atoms with Crippen LogP contribution in [0.1, 0.15) is 38.5 Å². The molecule has 2 aliphatic rings. The lowest BCUT2D eigenvalue weighted by molar-refractivity contribution is -0.207. The molecule has 116 valence electrons. The van der Waals surface area contributed by atoms with Gasteiger partial charge in [-0.3, -0.25) is 0 Å². The van der Waals surface area contributed by atoms with Gasteiger partial charge in [0.2, 0.25) is 0 Å². The molecular weight excluding hydrogens is 260 g/mol. The molecule has 5 heteroatoms. The Morgan fingerprint density at radius 2 is 1.95 bits per heavy atom. The number of rotatable bonds is 4. The molecule has 20 heavy (non-hydrogen) atoms. The van der Waals surface area contributed by atoms with Crippen molar-refractivity contribution in [2.75, 3.05) is 13.2 Å². The van der Waals surface area contributed by atoms with Crippen LogP contribution in [0.4, 0.5) is 0 Å². The molecule has 0 aliphatic heterocycles. The first kappa shape index (κ1) is 15.9. The lowest BCUT2D eigenvalue weighted by Crippen LogP contribution is -2.61. The van der Waals surface area contributed by atoms with Crippen LogP contribution in [0.2, 0.25) is 0 Å². The Bertz CT molecular complexity index is 358. The van der Waals surface area contributed by atoms with E-state index in [0.717, 1.165) is 6.42 Å². The third kappa shape index (κ3) is 2.53. The van der Waals surface area contributed by atoms with E-state index in [1.54, 1.807) is 0 Å². The van der Waals surface area contributed by atoms with Gasteiger partial charge in [0, 0.05) is 5.41 Å². The molecule has 0 aromatic heterocycles. The molecule has 5 N–H and O–H groups in total. The Kier molecular flexibility index (Phi) is 4.87. The van der Waals surface area contributed by atoms with E-state index in [9.17, 15) is 20.4 Å². The monoisotopic (exact) mass is 286 g/mol. The Labute approximate surface area is 119 Å². The summed E-state index contributed by atoms with van der Waals surface area (Å²) in [5.74, 6) is -0.204. The zero-order valence-corrected chi connectivity index (χ0v) is 11.8. The SMILES string of the molecule is OCC(O)C1CCC(O)(C2(CO)CC=CCC2)C(O)C1. The smallest absolute Gasteiger partial charge is 0.0986 e. The molecule has 0 radical (unpaired) electrons. The Morgan fingerprint density at radius 3 is 2.45 bits per heavy atom. The van der Waals surface area contributed by atoms with Crippen molar-refractivity contribution in [2.45, 2.75) is 56.3 Å². The summed E-state index contributed by atoms with van der Waals surface area (Å²) in [7, 11) is 0. The van der Waals surface area contributed by atoms with Crippen LogP contribution in [0.15, 0.2) is 12.2 Å². The fraction of sp³-hybridized carbons (Fsp3) is 0.867. The minimum atomic E-state index is -1.32. The Balaban J connectivity index is 2.16. The number of aliphatic hydroxyl groups is 5. The highest BCUT2D eigenvalue weighted by Gasteiger charge is 2.56. The van der Waals surface area contributed by atoms with Gasteiger partial charge in [-0.05, 0) is 44.4 Å². The van der Waals surface area contributed by atoms with E-state index >= 15 is 0 Å². The van der Waals surface area contributed by atoms with Gasteiger partial charge in [-0.2, -0.15) is 0 Å². The van der Waals surface area contributed by atoms with Crippen molar-refractivity contribution < 1.29 is 25.5 Å². The third-order valence-corrected chi connectivity index (χ3v) is 5.39. The maximum Gasteiger partial charge on any atom is 0.0986 e. The number of hydrogen-bond donors (Lipinski definition) is 5. The van der Waals surface area contributed by atoms with Crippen LogP contribution < -0.4 is 0 Å². The van der Waals surface area contributed by atoms with E-state index in [2.05, 4.69) is 0 Å². The fourth-order valence-electron chi connectivity index (χ4n) is 3.85. The van der Waals surface area contributed by atoms with Crippen molar-refractivity contribution in [3.63, 3.8) is 0 Å². The first-order valence-electron chi connectivity index (χ1n) is 7.44. The van der Waals surface area contributed by atoms with Crippen LogP contribution in [0.25, 0.3) is 0 Å². The van der Waals surface area contributed by atoms with E-state index < -0.39 is 23.2 Å². The Morgan fingerprint density at radius 1 is 1.20 bits per heavy atom. The van der Waals surface area contributed by atoms with Crippen LogP contribution in [0.3, 0.4) is 0 Å². The van der Waals surface area contributed by atoms with Gasteiger partial charge < -0.3 is 25.5 Å². The molecule has 0 saturated heterocycles. The second-order valence-electron chi connectivity index (χ2n) is 6.38. The molecule has 0 bridgehead atoms. The number of allylic oxidation sites excluding steroid dienone is 2. The van der Waals surface area contributed by atoms with Crippen molar-refractivity contribution in [1.29, 1.82) is 0 Å². The minimum Gasteiger partial charge on any atom is -0.396 e. The normalized spacial score (nSPS) is 43.5. The zero-order valence-electron chi connectivity index (χ0n) is 11.8. The van der Waals surface area contributed by atoms with Crippen LogP contribution in [0.5, 0.6) is 0 Å². The van der Waals surface area contributed by atoms with Crippen LogP contribution in [-0.2, 0) is 0 Å². The third-order valence-electron chi connectivity index (χ3n) is 5.39. The summed E-state index contributed by atoms with van der Waals surface area (Å²) in [4.78, 5) is 0. The van der Waals surface area contributed by atoms with Gasteiger partial charge in [0.1, 0.15) is 0 Å². The standard InChI is InChI=1S/C15H26O5/c16-9-12(18)11-4-7-15(20,13(19)8-11)14(10-17)5-2-1-3-6-14/h1-2,11-13,16-20H,3-10H2. The highest BCUT2D eigenvalue weighted by Crippen LogP contribution is 2.50. The summed E-state index contributed by atoms with van der Waals surface area (Å²) >= 11 is 0. The van der Waals surface area contributed by atoms with E-state index in [1.807, 2.05) is 12.2 Å². The van der Waals surface area contributed by atoms with Gasteiger partial charge in [0.25, 0.3) is 0 Å². The molecule has 5 nitrogen and oxygen atoms in total. The van der Waals surface area contributed by atoms with Crippen LogP contribution >= 0.6 is 0 Å². The van der Waals surface area contributed by atoms with Crippen molar-refractivity contribution in [3.8, 4) is 0 Å². The van der Waals surface area contributed by atoms with E-state index in [1.165, 1.54) is 0 Å². The zero-order chi connectivity index (χ0) is 14.8. The lowest BCUT2D eigenvalue weighted by atomic mass is 9.57. The van der Waals surface area contributed by atoms with Crippen molar-refractivity contribution in [1.82, 2.24) is 0 Å². The molecule has 0 aromatic rings. The van der Waals surface area contributed by atoms with Gasteiger partial charge in [-0.1, -0.05) is 12.2 Å². The lowest BCUT2D eigenvalue weighted by Gasteiger charge is -2.53. The van der Waals surface area contributed by atoms with Crippen molar-refractivity contribution in [2.24, 2.45) is 11.3 Å². The molecule has 1 saturated carbocycles. The predicted molar refractivity (Wildman–Crippen MR) is 73.9 cm³/mol. The summed E-state index contributed by atoms with van der Waals surface area (Å²) in [6.07, 6.45) is 5.29. The summed E-state index contributed by atoms with van der Waals surface area (Å²) in [5, 5.41) is 49.9. The van der Waals surface area contributed by atoms with Crippen molar-refractivity contribution >= 4 is 0 Å². The van der Waals surface area contributed by atoms with Crippen LogP contribution in [-0.4, -0.2) is 56.6 Å². The first-order valence-corrected chi connectivity index (χ1v) is 7.44. The summed E-state index contributed by atoms with van der Waals surface area (Å²) in [6.45, 7) is -0.484. The summed E-state index contributed by atoms with van der Waals surface area (Å²) in [6, 6.07) is 0. The fourth-order valence-corrected chi connectivity index (χ4v) is 3.85. The summed E-state index contributed by atoms with van der Waals surface area (Å²) < 4.78 is 0. The van der Waals surface area contributed by atoms with E-state index in [-0.39, 0.29) is 25.6 Å². The maximum atomic E-state index is 11.0. The first-order chi connectivity index (χ1) is 9.49. The maximum absolute atomic E-state index is 11.0. The molecule has 1 fully saturated rings. The minimum absolute atomic E-state index is 0.155. The number of aliphatic hydroxyl groups excluding tert-OH is 4. The Hall–Kier alpha value is -0.460. The second-order valence-corrected chi connectivity index (χ2v) is 6.38. The highest BCUT2D eigenvalue weighted by atomic mass is 16.3. The molecule has 2 rings (SSSR count). The number of hydrogen-bond acceptors (Lipinski definition) is 5. The largest absolute Gasteiger partial charge is 0.396 e. The topological polar surface area (TPSA) is 101 Å². The molecule has 0 heterocycles. The molecule has 0 aromatic carbocycles. The van der Waals surface area contributed by atoms with E-state index in [4.69, 9.17) is 5.11 Å².